The van der Waals surface area contributed by atoms with E-state index in [2.05, 4.69) is 32.9 Å². The van der Waals surface area contributed by atoms with Gasteiger partial charge in [0.1, 0.15) is 5.69 Å². The maximum absolute atomic E-state index is 12.1. The van der Waals surface area contributed by atoms with Gasteiger partial charge < -0.3 is 9.13 Å². The largest absolute Gasteiger partial charge is 0.346 e. The zero-order valence-corrected chi connectivity index (χ0v) is 16.7. The van der Waals surface area contributed by atoms with Crippen LogP contribution in [0.4, 0.5) is 0 Å². The second-order valence-corrected chi connectivity index (χ2v) is 7.05. The van der Waals surface area contributed by atoms with Crippen molar-refractivity contribution in [2.75, 3.05) is 0 Å². The molecule has 7 nitrogen and oxygen atoms in total. The van der Waals surface area contributed by atoms with E-state index in [-0.39, 0.29) is 0 Å². The monoisotopic (exact) mass is 439 g/mol. The number of aryl methyl sites for hydroxylation is 2. The molecule has 0 aliphatic rings. The normalized spacial score (nSPS) is 10.9. The highest BCUT2D eigenvalue weighted by atomic mass is 79.9. The van der Waals surface area contributed by atoms with Crippen molar-refractivity contribution in [3.63, 3.8) is 0 Å². The third-order valence-electron chi connectivity index (χ3n) is 4.20. The molecule has 1 aromatic carbocycles. The predicted octanol–water partition coefficient (Wildman–Crippen LogP) is 3.13. The average Bonchev–Trinajstić information content (AvgIpc) is 3.22. The van der Waals surface area contributed by atoms with Gasteiger partial charge in [0, 0.05) is 53.0 Å². The fraction of sp³-hybridized carbons (Fsp3) is 0.150. The Labute approximate surface area is 170 Å². The van der Waals surface area contributed by atoms with Crippen molar-refractivity contribution in [3.05, 3.63) is 64.5 Å². The van der Waals surface area contributed by atoms with Crippen molar-refractivity contribution in [1.29, 1.82) is 5.26 Å². The van der Waals surface area contributed by atoms with Crippen molar-refractivity contribution in [1.82, 2.24) is 20.0 Å². The van der Waals surface area contributed by atoms with Crippen LogP contribution in [0.1, 0.15) is 22.5 Å². The van der Waals surface area contributed by atoms with E-state index >= 15 is 0 Å². The van der Waals surface area contributed by atoms with E-state index in [0.29, 0.717) is 18.7 Å². The van der Waals surface area contributed by atoms with Crippen molar-refractivity contribution in [2.24, 2.45) is 7.05 Å². The number of hydrazine groups is 1. The second kappa shape index (κ2) is 8.59. The topological polar surface area (TPSA) is 91.8 Å². The first-order valence-electron chi connectivity index (χ1n) is 8.54. The zero-order valence-electron chi connectivity index (χ0n) is 15.1. The molecule has 142 valence electrons. The molecule has 0 unspecified atom stereocenters. The first-order valence-corrected chi connectivity index (χ1v) is 9.34. The number of aromatic nitrogens is 2. The van der Waals surface area contributed by atoms with Crippen LogP contribution in [-0.4, -0.2) is 20.9 Å². The molecule has 8 heteroatoms. The Morgan fingerprint density at radius 2 is 2.04 bits per heavy atom. The Morgan fingerprint density at radius 3 is 2.75 bits per heavy atom. The van der Waals surface area contributed by atoms with Crippen LogP contribution in [0.15, 0.2) is 53.3 Å². The number of amides is 2. The summed E-state index contributed by atoms with van der Waals surface area (Å²) < 4.78 is 4.42. The lowest BCUT2D eigenvalue weighted by atomic mass is 10.1. The summed E-state index contributed by atoms with van der Waals surface area (Å²) in [5, 5.41) is 9.81. The quantitative estimate of drug-likeness (QED) is 0.472. The minimum Gasteiger partial charge on any atom is -0.346 e. The number of carbonyl (C=O) groups excluding carboxylic acids is 2. The highest BCUT2D eigenvalue weighted by Gasteiger charge is 2.11. The van der Waals surface area contributed by atoms with Crippen LogP contribution in [0.5, 0.6) is 0 Å². The van der Waals surface area contributed by atoms with Crippen LogP contribution in [0.25, 0.3) is 17.0 Å². The smallest absolute Gasteiger partial charge is 0.286 e. The van der Waals surface area contributed by atoms with E-state index in [0.717, 1.165) is 20.9 Å². The van der Waals surface area contributed by atoms with Gasteiger partial charge in [0.25, 0.3) is 11.8 Å². The minimum atomic E-state index is -0.449. The summed E-state index contributed by atoms with van der Waals surface area (Å²) in [5.41, 5.74) is 7.04. The Hall–Kier alpha value is -3.31. The molecule has 2 N–H and O–H groups in total. The highest BCUT2D eigenvalue weighted by molar-refractivity contribution is 9.10. The van der Waals surface area contributed by atoms with Crippen LogP contribution in [0.3, 0.4) is 0 Å². The number of hydrogen-bond donors (Lipinski definition) is 2. The summed E-state index contributed by atoms with van der Waals surface area (Å²) in [5.74, 6) is -0.862. The molecule has 0 fully saturated rings. The van der Waals surface area contributed by atoms with E-state index < -0.39 is 11.8 Å². The molecule has 0 aliphatic carbocycles. The molecule has 0 spiro atoms. The van der Waals surface area contributed by atoms with Gasteiger partial charge in [-0.2, -0.15) is 5.26 Å². The van der Waals surface area contributed by atoms with E-state index in [1.165, 1.54) is 6.08 Å². The Morgan fingerprint density at radius 1 is 1.25 bits per heavy atom. The number of halogens is 1. The summed E-state index contributed by atoms with van der Waals surface area (Å²) in [6.07, 6.45) is 7.11. The van der Waals surface area contributed by atoms with Crippen LogP contribution in [-0.2, 0) is 18.4 Å². The van der Waals surface area contributed by atoms with Gasteiger partial charge in [-0.25, -0.2) is 0 Å². The van der Waals surface area contributed by atoms with Crippen LogP contribution in [0, 0.1) is 11.3 Å². The van der Waals surface area contributed by atoms with E-state index in [9.17, 15) is 9.59 Å². The molecule has 3 rings (SSSR count). The highest BCUT2D eigenvalue weighted by Crippen LogP contribution is 2.22. The van der Waals surface area contributed by atoms with Crippen molar-refractivity contribution in [3.8, 4) is 6.07 Å². The van der Waals surface area contributed by atoms with E-state index in [1.54, 1.807) is 30.0 Å². The zero-order chi connectivity index (χ0) is 20.1. The molecule has 0 bridgehead atoms. The SMILES string of the molecule is Cn1cc(Br)cc1C(=O)NNC(=O)/C=C/c1cn(CCC#N)c2ccccc12. The van der Waals surface area contributed by atoms with Gasteiger partial charge >= 0.3 is 0 Å². The molecule has 0 atom stereocenters. The molecule has 2 aromatic heterocycles. The third kappa shape index (κ3) is 4.32. The van der Waals surface area contributed by atoms with Gasteiger partial charge in [0.2, 0.25) is 0 Å². The lowest BCUT2D eigenvalue weighted by Gasteiger charge is -2.05. The standard InChI is InChI=1S/C20H18BrN5O2/c1-25-13-15(21)11-18(25)20(28)24-23-19(27)8-7-14-12-26(10-4-9-22)17-6-3-2-5-16(14)17/h2-3,5-8,11-13H,4,10H2,1H3,(H,23,27)(H,24,28)/b8-7+. The number of para-hydroxylation sites is 1. The van der Waals surface area contributed by atoms with Gasteiger partial charge in [-0.3, -0.25) is 20.4 Å². The molecule has 2 heterocycles. The molecule has 0 saturated carbocycles. The molecule has 2 amide bonds. The molecular weight excluding hydrogens is 422 g/mol. The van der Waals surface area contributed by atoms with Crippen LogP contribution in [0.2, 0.25) is 0 Å². The first-order chi connectivity index (χ1) is 13.5. The molecule has 28 heavy (non-hydrogen) atoms. The molecule has 3 aromatic rings. The lowest BCUT2D eigenvalue weighted by molar-refractivity contribution is -0.117. The number of nitrogens with one attached hydrogen (secondary N) is 2. The Balaban J connectivity index is 1.68. The fourth-order valence-electron chi connectivity index (χ4n) is 2.90. The maximum Gasteiger partial charge on any atom is 0.286 e. The summed E-state index contributed by atoms with van der Waals surface area (Å²) in [7, 11) is 1.74. The average molecular weight is 440 g/mol. The molecular formula is C20H18BrN5O2. The molecule has 0 aliphatic heterocycles. The van der Waals surface area contributed by atoms with Gasteiger partial charge in [0.05, 0.1) is 12.5 Å². The third-order valence-corrected chi connectivity index (χ3v) is 4.64. The van der Waals surface area contributed by atoms with Gasteiger partial charge in [-0.05, 0) is 34.1 Å². The second-order valence-electron chi connectivity index (χ2n) is 6.13. The van der Waals surface area contributed by atoms with Gasteiger partial charge in [-0.15, -0.1) is 0 Å². The van der Waals surface area contributed by atoms with Gasteiger partial charge in [0.15, 0.2) is 0 Å². The first kappa shape index (κ1) is 19.5. The van der Waals surface area contributed by atoms with Crippen LogP contribution >= 0.6 is 15.9 Å². The number of nitrogens with zero attached hydrogens (tertiary/aromatic N) is 3. The minimum absolute atomic E-state index is 0.406. The molecule has 0 radical (unpaired) electrons. The van der Waals surface area contributed by atoms with Crippen LogP contribution < -0.4 is 10.9 Å². The number of hydrogen-bond acceptors (Lipinski definition) is 3. The molecule has 0 saturated heterocycles. The predicted molar refractivity (Wildman–Crippen MR) is 110 cm³/mol. The number of fused-ring (bicyclic) bond motifs is 1. The number of carbonyl (C=O) groups is 2. The Kier molecular flexibility index (Phi) is 5.96. The number of nitriles is 1. The van der Waals surface area contributed by atoms with Crippen molar-refractivity contribution < 1.29 is 9.59 Å². The van der Waals surface area contributed by atoms with Crippen molar-refractivity contribution >= 4 is 44.7 Å². The summed E-state index contributed by atoms with van der Waals surface area (Å²) in [6.45, 7) is 0.583. The van der Waals surface area contributed by atoms with Gasteiger partial charge in [-0.1, -0.05) is 18.2 Å². The van der Waals surface area contributed by atoms with E-state index in [1.807, 2.05) is 35.0 Å². The fourth-order valence-corrected chi connectivity index (χ4v) is 3.43. The lowest BCUT2D eigenvalue weighted by Crippen LogP contribution is -2.41. The Bertz CT molecular complexity index is 1100. The summed E-state index contributed by atoms with van der Waals surface area (Å²) in [4.78, 5) is 24.2. The number of benzene rings is 1. The number of rotatable bonds is 5. The summed E-state index contributed by atoms with van der Waals surface area (Å²) >= 11 is 3.30. The summed E-state index contributed by atoms with van der Waals surface area (Å²) in [6, 6.07) is 11.6. The maximum atomic E-state index is 12.1. The van der Waals surface area contributed by atoms with E-state index in [4.69, 9.17) is 5.26 Å². The van der Waals surface area contributed by atoms with Crippen molar-refractivity contribution in [2.45, 2.75) is 13.0 Å².